The first-order valence-electron chi connectivity index (χ1n) is 17.2. The van der Waals surface area contributed by atoms with Gasteiger partial charge in [0, 0.05) is 44.0 Å². The Kier molecular flexibility index (Phi) is 14.0. The van der Waals surface area contributed by atoms with E-state index >= 15 is 0 Å². The predicted molar refractivity (Wildman–Crippen MR) is 194 cm³/mol. The molecule has 0 unspecified atom stereocenters. The van der Waals surface area contributed by atoms with Gasteiger partial charge in [-0.25, -0.2) is 13.2 Å². The number of carbonyl (C=O) groups is 2. The molecule has 0 saturated heterocycles. The molecule has 1 aliphatic rings. The van der Waals surface area contributed by atoms with E-state index in [-0.39, 0.29) is 53.4 Å². The lowest BCUT2D eigenvalue weighted by Gasteiger charge is -2.35. The van der Waals surface area contributed by atoms with Gasteiger partial charge in [0.1, 0.15) is 11.5 Å². The van der Waals surface area contributed by atoms with E-state index in [1.54, 1.807) is 13.0 Å². The molecular weight excluding hydrogens is 717 g/mol. The Morgan fingerprint density at radius 3 is 2.34 bits per heavy atom. The van der Waals surface area contributed by atoms with E-state index in [2.05, 4.69) is 10.0 Å². The normalized spacial score (nSPS) is 19.6. The first-order valence-corrected chi connectivity index (χ1v) is 18.7. The number of alkyl halides is 3. The van der Waals surface area contributed by atoms with Crippen molar-refractivity contribution in [1.82, 2.24) is 9.80 Å². The number of carbonyl (C=O) groups excluding carboxylic acids is 2. The Morgan fingerprint density at radius 2 is 1.72 bits per heavy atom. The van der Waals surface area contributed by atoms with Gasteiger partial charge in [0.15, 0.2) is 0 Å². The summed E-state index contributed by atoms with van der Waals surface area (Å²) in [5, 5.41) is 12.8. The fraction of sp³-hybridized carbons (Fsp3) is 0.459. The van der Waals surface area contributed by atoms with E-state index in [4.69, 9.17) is 14.2 Å². The molecule has 1 heterocycles. The second-order valence-electron chi connectivity index (χ2n) is 13.2. The number of aliphatic hydroxyl groups excluding tert-OH is 1. The summed E-state index contributed by atoms with van der Waals surface area (Å²) in [7, 11) is -1.05. The number of nitrogens with one attached hydrogen (secondary N) is 2. The lowest BCUT2D eigenvalue weighted by Crippen LogP contribution is -2.48. The molecule has 0 spiro atoms. The van der Waals surface area contributed by atoms with Crippen molar-refractivity contribution in [1.29, 1.82) is 0 Å². The highest BCUT2D eigenvalue weighted by atomic mass is 32.2. The minimum atomic E-state index is -4.51. The van der Waals surface area contributed by atoms with Crippen molar-refractivity contribution >= 4 is 33.3 Å². The molecule has 1 aliphatic heterocycles. The van der Waals surface area contributed by atoms with Gasteiger partial charge in [-0.3, -0.25) is 9.52 Å². The molecule has 290 valence electrons. The Bertz CT molecular complexity index is 1790. The van der Waals surface area contributed by atoms with Crippen molar-refractivity contribution < 1.29 is 50.5 Å². The topological polar surface area (TPSA) is 147 Å². The highest BCUT2D eigenvalue weighted by Crippen LogP contribution is 2.31. The molecule has 0 aromatic heterocycles. The number of nitrogens with zero attached hydrogens (tertiary/aromatic N) is 2. The number of amides is 3. The van der Waals surface area contributed by atoms with Crippen molar-refractivity contribution in [2.24, 2.45) is 5.92 Å². The van der Waals surface area contributed by atoms with Gasteiger partial charge in [0.25, 0.3) is 15.9 Å². The molecule has 0 saturated carbocycles. The highest BCUT2D eigenvalue weighted by Gasteiger charge is 2.32. The van der Waals surface area contributed by atoms with Crippen LogP contribution in [0.15, 0.2) is 71.6 Å². The van der Waals surface area contributed by atoms with Gasteiger partial charge in [-0.2, -0.15) is 13.2 Å². The summed E-state index contributed by atoms with van der Waals surface area (Å²) in [5.41, 5.74) is -0.445. The zero-order valence-corrected chi connectivity index (χ0v) is 31.2. The lowest BCUT2D eigenvalue weighted by atomic mass is 10.0. The number of aliphatic hydroxyl groups is 1. The molecule has 16 heteroatoms. The molecule has 0 bridgehead atoms. The second-order valence-corrected chi connectivity index (χ2v) is 14.9. The summed E-state index contributed by atoms with van der Waals surface area (Å²) in [4.78, 5) is 30.3. The minimum Gasteiger partial charge on any atom is -0.497 e. The largest absolute Gasteiger partial charge is 0.497 e. The number of fused-ring (bicyclic) bond motifs is 1. The summed E-state index contributed by atoms with van der Waals surface area (Å²) >= 11 is 0. The fourth-order valence-corrected chi connectivity index (χ4v) is 6.78. The Balaban J connectivity index is 1.59. The first-order chi connectivity index (χ1) is 25.0. The minimum absolute atomic E-state index is 0.0111. The number of methoxy groups -OCH3 is 1. The van der Waals surface area contributed by atoms with Crippen LogP contribution in [0, 0.1) is 5.92 Å². The maximum atomic E-state index is 14.4. The van der Waals surface area contributed by atoms with Crippen LogP contribution in [-0.4, -0.2) is 94.0 Å². The van der Waals surface area contributed by atoms with Gasteiger partial charge in [-0.1, -0.05) is 6.92 Å². The number of anilines is 2. The van der Waals surface area contributed by atoms with Gasteiger partial charge in [0.05, 0.1) is 48.0 Å². The zero-order valence-electron chi connectivity index (χ0n) is 30.4. The quantitative estimate of drug-likeness (QED) is 0.225. The Morgan fingerprint density at radius 1 is 1.06 bits per heavy atom. The summed E-state index contributed by atoms with van der Waals surface area (Å²) in [6, 6.07) is 13.2. The molecule has 3 aromatic rings. The second kappa shape index (κ2) is 18.0. The van der Waals surface area contributed by atoms with Crippen LogP contribution in [-0.2, 0) is 20.9 Å². The Hall–Kier alpha value is -4.54. The van der Waals surface area contributed by atoms with Gasteiger partial charge in [-0.05, 0) is 99.8 Å². The number of hydrogen-bond donors (Lipinski definition) is 3. The van der Waals surface area contributed by atoms with Crippen molar-refractivity contribution in [3.8, 4) is 11.5 Å². The van der Waals surface area contributed by atoms with E-state index in [9.17, 15) is 36.3 Å². The molecule has 4 rings (SSSR count). The molecule has 0 fully saturated rings. The lowest BCUT2D eigenvalue weighted by molar-refractivity contribution is -0.137. The van der Waals surface area contributed by atoms with Crippen LogP contribution in [0.2, 0.25) is 0 Å². The van der Waals surface area contributed by atoms with Crippen molar-refractivity contribution in [2.45, 2.75) is 69.4 Å². The SMILES string of the molecule is COc1ccc(S(=O)(=O)Nc2ccc3c(c2)C(=O)N([C@@H](C)CO)C[C@@H](C)[C@H](CN(C)C(=O)Nc2ccc(C(F)(F)F)cc2)OCCCC[C@@H](C)O3)cc1. The van der Waals surface area contributed by atoms with Crippen molar-refractivity contribution in [3.63, 3.8) is 0 Å². The van der Waals surface area contributed by atoms with Gasteiger partial charge in [0.2, 0.25) is 0 Å². The van der Waals surface area contributed by atoms with Crippen LogP contribution < -0.4 is 19.5 Å². The molecule has 4 atom stereocenters. The van der Waals surface area contributed by atoms with Crippen LogP contribution in [0.5, 0.6) is 11.5 Å². The summed E-state index contributed by atoms with van der Waals surface area (Å²) in [5.74, 6) is -0.171. The van der Waals surface area contributed by atoms with E-state index in [0.717, 1.165) is 18.6 Å². The van der Waals surface area contributed by atoms with Crippen LogP contribution in [0.25, 0.3) is 0 Å². The number of hydrogen-bond acceptors (Lipinski definition) is 8. The molecule has 53 heavy (non-hydrogen) atoms. The number of benzene rings is 3. The fourth-order valence-electron chi connectivity index (χ4n) is 5.73. The van der Waals surface area contributed by atoms with Gasteiger partial charge < -0.3 is 34.4 Å². The maximum absolute atomic E-state index is 14.4. The van der Waals surface area contributed by atoms with Crippen LogP contribution in [0.3, 0.4) is 0 Å². The molecule has 3 amide bonds. The number of rotatable bonds is 9. The predicted octanol–water partition coefficient (Wildman–Crippen LogP) is 6.47. The molecule has 3 aromatic carbocycles. The smallest absolute Gasteiger partial charge is 0.416 e. The van der Waals surface area contributed by atoms with Gasteiger partial charge in [-0.15, -0.1) is 0 Å². The number of sulfonamides is 1. The first kappa shape index (κ1) is 41.2. The van der Waals surface area contributed by atoms with E-state index in [1.165, 1.54) is 72.5 Å². The van der Waals surface area contributed by atoms with E-state index in [1.807, 2.05) is 13.8 Å². The van der Waals surface area contributed by atoms with Crippen LogP contribution in [0.4, 0.5) is 29.3 Å². The number of urea groups is 1. The third kappa shape index (κ3) is 11.2. The molecule has 3 N–H and O–H groups in total. The van der Waals surface area contributed by atoms with E-state index in [0.29, 0.717) is 25.2 Å². The molecule has 0 aliphatic carbocycles. The van der Waals surface area contributed by atoms with E-state index < -0.39 is 51.8 Å². The summed E-state index contributed by atoms with van der Waals surface area (Å²) in [6.45, 7) is 5.52. The van der Waals surface area contributed by atoms with Crippen LogP contribution in [0.1, 0.15) is 56.0 Å². The molecule has 12 nitrogen and oxygen atoms in total. The summed E-state index contributed by atoms with van der Waals surface area (Å²) < 4.78 is 85.7. The monoisotopic (exact) mass is 764 g/mol. The Labute approximate surface area is 308 Å². The average Bonchev–Trinajstić information content (AvgIpc) is 3.12. The van der Waals surface area contributed by atoms with Crippen LogP contribution >= 0.6 is 0 Å². The molecule has 0 radical (unpaired) electrons. The average molecular weight is 765 g/mol. The zero-order chi connectivity index (χ0) is 38.9. The number of likely N-dealkylation sites (N-methyl/N-ethyl adjacent to an activating group) is 1. The standard InChI is InChI=1S/C37H47F3N4O8S/c1-24-21-44(25(2)23-45)35(46)32-20-29(42-53(48,49)31-16-14-30(50-5)15-17-31)13-18-33(32)52-26(3)8-6-7-19-51-34(24)22-43(4)36(47)41-28-11-9-27(10-12-28)37(38,39)40/h9-18,20,24-26,34,42,45H,6-8,19,21-23H2,1-5H3,(H,41,47)/t24-,25+,26-,34+/m1/s1. The van der Waals surface area contributed by atoms with Crippen molar-refractivity contribution in [3.05, 3.63) is 77.9 Å². The third-order valence-electron chi connectivity index (χ3n) is 8.94. The van der Waals surface area contributed by atoms with Gasteiger partial charge >= 0.3 is 12.2 Å². The molecular formula is C37H47F3N4O8S. The third-order valence-corrected chi connectivity index (χ3v) is 10.3. The van der Waals surface area contributed by atoms with Crippen molar-refractivity contribution in [2.75, 3.05) is 50.5 Å². The summed E-state index contributed by atoms with van der Waals surface area (Å²) in [6.07, 6.45) is -3.39. The number of halogens is 3. The maximum Gasteiger partial charge on any atom is 0.416 e. The highest BCUT2D eigenvalue weighted by molar-refractivity contribution is 7.92. The number of ether oxygens (including phenoxy) is 3.